The first-order valence-corrected chi connectivity index (χ1v) is 8.93. The summed E-state index contributed by atoms with van der Waals surface area (Å²) in [4.78, 5) is 42.6. The molecule has 8 nitrogen and oxygen atoms in total. The Labute approximate surface area is 162 Å². The van der Waals surface area contributed by atoms with Gasteiger partial charge >= 0.3 is 5.97 Å². The summed E-state index contributed by atoms with van der Waals surface area (Å²) in [7, 11) is 0. The number of rotatable bonds is 9. The molecule has 1 amide bonds. The molecule has 148 valence electrons. The van der Waals surface area contributed by atoms with Crippen molar-refractivity contribution in [1.82, 2.24) is 10.3 Å². The van der Waals surface area contributed by atoms with Crippen LogP contribution in [-0.2, 0) is 11.2 Å². The Morgan fingerprint density at radius 1 is 1.21 bits per heavy atom. The summed E-state index contributed by atoms with van der Waals surface area (Å²) in [6.45, 7) is 2.01. The van der Waals surface area contributed by atoms with Crippen LogP contribution < -0.4 is 16.6 Å². The lowest BCUT2D eigenvalue weighted by Crippen LogP contribution is -2.42. The van der Waals surface area contributed by atoms with Crippen LogP contribution >= 0.6 is 0 Å². The van der Waals surface area contributed by atoms with E-state index in [-0.39, 0.29) is 12.0 Å². The van der Waals surface area contributed by atoms with Gasteiger partial charge in [-0.2, -0.15) is 0 Å². The first kappa shape index (κ1) is 20.9. The molecule has 0 unspecified atom stereocenters. The summed E-state index contributed by atoms with van der Waals surface area (Å²) in [6.07, 6.45) is 1.15. The smallest absolute Gasteiger partial charge is 0.326 e. The van der Waals surface area contributed by atoms with Crippen molar-refractivity contribution in [1.29, 1.82) is 0 Å². The molecule has 0 aliphatic heterocycles. The molecule has 28 heavy (non-hydrogen) atoms. The number of nitrogens with one attached hydrogen (secondary N) is 2. The van der Waals surface area contributed by atoms with Crippen molar-refractivity contribution in [2.24, 2.45) is 10.7 Å². The number of carboxylic acids is 1. The quantitative estimate of drug-likeness (QED) is 0.293. The van der Waals surface area contributed by atoms with E-state index in [0.717, 1.165) is 5.56 Å². The van der Waals surface area contributed by atoms with E-state index in [2.05, 4.69) is 15.3 Å². The van der Waals surface area contributed by atoms with Crippen molar-refractivity contribution in [3.8, 4) is 0 Å². The van der Waals surface area contributed by atoms with E-state index in [1.807, 2.05) is 30.3 Å². The van der Waals surface area contributed by atoms with Crippen LogP contribution in [0.2, 0.25) is 0 Å². The number of aliphatic carboxylic acids is 1. The van der Waals surface area contributed by atoms with Crippen molar-refractivity contribution >= 4 is 17.7 Å². The van der Waals surface area contributed by atoms with Crippen molar-refractivity contribution in [2.45, 2.75) is 32.2 Å². The molecule has 2 aromatic rings. The molecule has 0 radical (unpaired) electrons. The Bertz CT molecular complexity index is 902. The number of aromatic amines is 1. The Balaban J connectivity index is 2.02. The number of H-pyrrole nitrogens is 1. The molecule has 1 aromatic carbocycles. The van der Waals surface area contributed by atoms with E-state index in [9.17, 15) is 19.5 Å². The zero-order valence-electron chi connectivity index (χ0n) is 15.6. The number of aromatic nitrogens is 1. The van der Waals surface area contributed by atoms with Crippen molar-refractivity contribution in [3.05, 3.63) is 69.6 Å². The Morgan fingerprint density at radius 3 is 2.54 bits per heavy atom. The van der Waals surface area contributed by atoms with Gasteiger partial charge in [-0.05, 0) is 37.5 Å². The lowest BCUT2D eigenvalue weighted by molar-refractivity contribution is -0.139. The highest BCUT2D eigenvalue weighted by Crippen LogP contribution is 2.07. The van der Waals surface area contributed by atoms with Gasteiger partial charge in [0, 0.05) is 18.7 Å². The summed E-state index contributed by atoms with van der Waals surface area (Å²) in [6, 6.07) is 11.5. The lowest BCUT2D eigenvalue weighted by Gasteiger charge is -2.14. The predicted molar refractivity (Wildman–Crippen MR) is 107 cm³/mol. The lowest BCUT2D eigenvalue weighted by atomic mass is 10.1. The minimum absolute atomic E-state index is 0.126. The van der Waals surface area contributed by atoms with E-state index in [1.165, 1.54) is 6.07 Å². The molecular formula is C20H24N4O4. The number of carboxylic acid groups (broad SMARTS) is 1. The normalized spacial score (nSPS) is 12.4. The highest BCUT2D eigenvalue weighted by Gasteiger charge is 2.21. The number of hydrogen-bond acceptors (Lipinski definition) is 4. The molecule has 8 heteroatoms. The second-order valence-corrected chi connectivity index (χ2v) is 6.42. The predicted octanol–water partition coefficient (Wildman–Crippen LogP) is 1.31. The van der Waals surface area contributed by atoms with Gasteiger partial charge in [0.25, 0.3) is 11.5 Å². The van der Waals surface area contributed by atoms with Gasteiger partial charge in [-0.3, -0.25) is 14.6 Å². The van der Waals surface area contributed by atoms with Crippen LogP contribution in [0.15, 0.2) is 52.3 Å². The average Bonchev–Trinajstić information content (AvgIpc) is 2.64. The fourth-order valence-electron chi connectivity index (χ4n) is 2.66. The maximum Gasteiger partial charge on any atom is 0.326 e. The maximum absolute atomic E-state index is 12.3. The molecule has 0 saturated heterocycles. The monoisotopic (exact) mass is 384 g/mol. The van der Waals surface area contributed by atoms with E-state index < -0.39 is 23.5 Å². The second kappa shape index (κ2) is 10.1. The average molecular weight is 384 g/mol. The molecule has 1 aromatic heterocycles. The SMILES string of the molecule is CC(N)=NCCC[C@H](NC(=O)c1ccc(Cc2ccccc2)[nH]c1=O)C(=O)O. The number of amides is 1. The third-order valence-electron chi connectivity index (χ3n) is 4.07. The molecule has 0 bridgehead atoms. The number of benzene rings is 1. The number of amidine groups is 1. The minimum Gasteiger partial charge on any atom is -0.480 e. The van der Waals surface area contributed by atoms with Crippen LogP contribution in [0, 0.1) is 0 Å². The number of pyridine rings is 1. The van der Waals surface area contributed by atoms with Gasteiger partial charge in [0.05, 0.1) is 5.84 Å². The van der Waals surface area contributed by atoms with E-state index in [0.29, 0.717) is 30.9 Å². The summed E-state index contributed by atoms with van der Waals surface area (Å²) >= 11 is 0. The molecule has 2 rings (SSSR count). The number of nitrogens with two attached hydrogens (primary N) is 1. The minimum atomic E-state index is -1.17. The third-order valence-corrected chi connectivity index (χ3v) is 4.07. The first-order valence-electron chi connectivity index (χ1n) is 8.93. The van der Waals surface area contributed by atoms with Crippen LogP contribution in [0.5, 0.6) is 0 Å². The molecule has 5 N–H and O–H groups in total. The van der Waals surface area contributed by atoms with E-state index >= 15 is 0 Å². The largest absolute Gasteiger partial charge is 0.480 e. The molecule has 0 aliphatic carbocycles. The summed E-state index contributed by atoms with van der Waals surface area (Å²) < 4.78 is 0. The summed E-state index contributed by atoms with van der Waals surface area (Å²) in [5.74, 6) is -1.48. The Kier molecular flexibility index (Phi) is 7.50. The fourth-order valence-corrected chi connectivity index (χ4v) is 2.66. The molecule has 0 aliphatic rings. The molecule has 0 spiro atoms. The van der Waals surface area contributed by atoms with Crippen molar-refractivity contribution in [2.75, 3.05) is 6.54 Å². The Morgan fingerprint density at radius 2 is 1.93 bits per heavy atom. The van der Waals surface area contributed by atoms with Crippen LogP contribution in [0.3, 0.4) is 0 Å². The zero-order valence-corrected chi connectivity index (χ0v) is 15.6. The van der Waals surface area contributed by atoms with Crippen LogP contribution in [-0.4, -0.2) is 40.4 Å². The molecule has 0 saturated carbocycles. The number of aliphatic imine (C=N–C) groups is 1. The molecule has 0 fully saturated rings. The van der Waals surface area contributed by atoms with Gasteiger partial charge in [-0.15, -0.1) is 0 Å². The summed E-state index contributed by atoms with van der Waals surface area (Å²) in [5.41, 5.74) is 6.43. The van der Waals surface area contributed by atoms with E-state index in [4.69, 9.17) is 5.73 Å². The number of hydrogen-bond donors (Lipinski definition) is 4. The van der Waals surface area contributed by atoms with Gasteiger partial charge in [0.1, 0.15) is 11.6 Å². The van der Waals surface area contributed by atoms with Crippen LogP contribution in [0.25, 0.3) is 0 Å². The molecular weight excluding hydrogens is 360 g/mol. The Hall–Kier alpha value is -3.42. The highest BCUT2D eigenvalue weighted by atomic mass is 16.4. The van der Waals surface area contributed by atoms with Gasteiger partial charge in [-0.25, -0.2) is 4.79 Å². The number of carbonyl (C=O) groups excluding carboxylic acids is 1. The first-order chi connectivity index (χ1) is 13.4. The molecule has 1 atom stereocenters. The fraction of sp³-hybridized carbons (Fsp3) is 0.300. The van der Waals surface area contributed by atoms with E-state index in [1.54, 1.807) is 13.0 Å². The van der Waals surface area contributed by atoms with Gasteiger partial charge < -0.3 is 21.1 Å². The summed E-state index contributed by atoms with van der Waals surface area (Å²) in [5, 5.41) is 11.7. The van der Waals surface area contributed by atoms with Crippen LogP contribution in [0.1, 0.15) is 41.4 Å². The van der Waals surface area contributed by atoms with Gasteiger partial charge in [-0.1, -0.05) is 30.3 Å². The zero-order chi connectivity index (χ0) is 20.5. The molecule has 1 heterocycles. The van der Waals surface area contributed by atoms with Crippen LogP contribution in [0.4, 0.5) is 0 Å². The van der Waals surface area contributed by atoms with Crippen molar-refractivity contribution < 1.29 is 14.7 Å². The highest BCUT2D eigenvalue weighted by molar-refractivity contribution is 5.96. The standard InChI is InChI=1S/C20H24N4O4/c1-13(21)22-11-5-8-17(20(27)28)24-19(26)16-10-9-15(23-18(16)25)12-14-6-3-2-4-7-14/h2-4,6-7,9-10,17H,5,8,11-12H2,1H3,(H2,21,22)(H,23,25)(H,24,26)(H,27,28)/t17-/m0/s1. The topological polar surface area (TPSA) is 138 Å². The van der Waals surface area contributed by atoms with Crippen molar-refractivity contribution in [3.63, 3.8) is 0 Å². The number of nitrogens with zero attached hydrogens (tertiary/aromatic N) is 1. The third kappa shape index (κ3) is 6.39. The maximum atomic E-state index is 12.3. The van der Waals surface area contributed by atoms with Gasteiger partial charge in [0.2, 0.25) is 0 Å². The second-order valence-electron chi connectivity index (χ2n) is 6.42. The van der Waals surface area contributed by atoms with Gasteiger partial charge in [0.15, 0.2) is 0 Å². The number of carbonyl (C=O) groups is 2.